The Hall–Kier alpha value is -3.33. The highest BCUT2D eigenvalue weighted by atomic mass is 32.2. The van der Waals surface area contributed by atoms with Crippen LogP contribution >= 0.6 is 0 Å². The highest BCUT2D eigenvalue weighted by Gasteiger charge is 2.30. The standard InChI is InChI=1S/C24H20F3NO4S/c1-32-18-13-20(26)24(21(27)14-18)23(29)12-15-4-5-16-3-2-10-28(22(16)11-15)33(30,31)19-8-6-17(25)7-9-19/h4-9,11,13-14H,2-3,10,12H2,1H3. The fourth-order valence-electron chi connectivity index (χ4n) is 3.89. The highest BCUT2D eigenvalue weighted by Crippen LogP contribution is 2.33. The molecule has 0 radical (unpaired) electrons. The van der Waals surface area contributed by atoms with Crippen LogP contribution in [0.3, 0.4) is 0 Å². The summed E-state index contributed by atoms with van der Waals surface area (Å²) in [5.74, 6) is -3.44. The second-order valence-electron chi connectivity index (χ2n) is 7.66. The van der Waals surface area contributed by atoms with Gasteiger partial charge in [-0.2, -0.15) is 0 Å². The van der Waals surface area contributed by atoms with Crippen LogP contribution in [0.5, 0.6) is 5.75 Å². The number of hydrogen-bond donors (Lipinski definition) is 0. The van der Waals surface area contributed by atoms with E-state index in [9.17, 15) is 26.4 Å². The molecule has 0 atom stereocenters. The third kappa shape index (κ3) is 4.45. The maximum absolute atomic E-state index is 14.3. The summed E-state index contributed by atoms with van der Waals surface area (Å²) in [5.41, 5.74) is 0.898. The van der Waals surface area contributed by atoms with Gasteiger partial charge < -0.3 is 4.74 Å². The van der Waals surface area contributed by atoms with Crippen LogP contribution in [0.2, 0.25) is 0 Å². The second-order valence-corrected chi connectivity index (χ2v) is 9.53. The number of nitrogens with zero attached hydrogens (tertiary/aromatic N) is 1. The number of sulfonamides is 1. The fourth-order valence-corrected chi connectivity index (χ4v) is 5.42. The summed E-state index contributed by atoms with van der Waals surface area (Å²) in [6.07, 6.45) is 0.909. The summed E-state index contributed by atoms with van der Waals surface area (Å²) in [4.78, 5) is 12.6. The largest absolute Gasteiger partial charge is 0.497 e. The van der Waals surface area contributed by atoms with Crippen molar-refractivity contribution < 1.29 is 31.1 Å². The van der Waals surface area contributed by atoms with E-state index in [1.54, 1.807) is 18.2 Å². The number of carbonyl (C=O) groups is 1. The van der Waals surface area contributed by atoms with Crippen LogP contribution in [0, 0.1) is 17.5 Å². The zero-order valence-corrected chi connectivity index (χ0v) is 18.5. The molecule has 0 saturated carbocycles. The van der Waals surface area contributed by atoms with Gasteiger partial charge in [-0.25, -0.2) is 21.6 Å². The lowest BCUT2D eigenvalue weighted by Crippen LogP contribution is -2.35. The number of fused-ring (bicyclic) bond motifs is 1. The summed E-state index contributed by atoms with van der Waals surface area (Å²) in [6.45, 7) is 0.214. The van der Waals surface area contributed by atoms with E-state index in [4.69, 9.17) is 4.74 Å². The van der Waals surface area contributed by atoms with E-state index < -0.39 is 38.8 Å². The normalized spacial score (nSPS) is 13.5. The zero-order valence-electron chi connectivity index (χ0n) is 17.6. The molecule has 33 heavy (non-hydrogen) atoms. The lowest BCUT2D eigenvalue weighted by atomic mass is 9.97. The van der Waals surface area contributed by atoms with Gasteiger partial charge in [0.05, 0.1) is 23.3 Å². The van der Waals surface area contributed by atoms with Crippen LogP contribution < -0.4 is 9.04 Å². The Morgan fingerprint density at radius 1 is 1.00 bits per heavy atom. The van der Waals surface area contributed by atoms with Crippen molar-refractivity contribution in [1.29, 1.82) is 0 Å². The Balaban J connectivity index is 1.67. The number of ketones is 1. The van der Waals surface area contributed by atoms with Gasteiger partial charge >= 0.3 is 0 Å². The first kappa shape index (κ1) is 22.8. The highest BCUT2D eigenvalue weighted by molar-refractivity contribution is 7.92. The summed E-state index contributed by atoms with van der Waals surface area (Å²) in [5, 5.41) is 0. The average Bonchev–Trinajstić information content (AvgIpc) is 2.78. The number of hydrogen-bond acceptors (Lipinski definition) is 4. The third-order valence-corrected chi connectivity index (χ3v) is 7.35. The molecule has 5 nitrogen and oxygen atoms in total. The first-order chi connectivity index (χ1) is 15.7. The molecule has 0 bridgehead atoms. The third-order valence-electron chi connectivity index (χ3n) is 5.52. The lowest BCUT2D eigenvalue weighted by Gasteiger charge is -2.31. The topological polar surface area (TPSA) is 63.7 Å². The van der Waals surface area contributed by atoms with Gasteiger partial charge in [0.2, 0.25) is 0 Å². The van der Waals surface area contributed by atoms with Gasteiger partial charge in [0, 0.05) is 25.1 Å². The monoisotopic (exact) mass is 475 g/mol. The summed E-state index contributed by atoms with van der Waals surface area (Å²) in [7, 11) is -2.70. The van der Waals surface area contributed by atoms with E-state index in [2.05, 4.69) is 0 Å². The van der Waals surface area contributed by atoms with Crippen LogP contribution in [0.25, 0.3) is 0 Å². The molecule has 0 fully saturated rings. The zero-order chi connectivity index (χ0) is 23.8. The Labute approximate surface area is 189 Å². The van der Waals surface area contributed by atoms with Crippen molar-refractivity contribution in [2.45, 2.75) is 24.2 Å². The van der Waals surface area contributed by atoms with Crippen molar-refractivity contribution in [3.05, 3.63) is 88.7 Å². The molecule has 1 heterocycles. The molecule has 3 aromatic carbocycles. The Bertz CT molecular complexity index is 1300. The van der Waals surface area contributed by atoms with Gasteiger partial charge in [0.1, 0.15) is 23.2 Å². The Morgan fingerprint density at radius 3 is 2.30 bits per heavy atom. The van der Waals surface area contributed by atoms with E-state index in [1.165, 1.54) is 23.5 Å². The van der Waals surface area contributed by atoms with E-state index in [0.717, 1.165) is 29.8 Å². The molecule has 0 spiro atoms. The molecule has 0 N–H and O–H groups in total. The van der Waals surface area contributed by atoms with Crippen LogP contribution in [0.4, 0.5) is 18.9 Å². The molecule has 0 aliphatic carbocycles. The predicted molar refractivity (Wildman–Crippen MR) is 117 cm³/mol. The van der Waals surface area contributed by atoms with Gasteiger partial charge in [-0.15, -0.1) is 0 Å². The molecule has 0 unspecified atom stereocenters. The van der Waals surface area contributed by atoms with Crippen molar-refractivity contribution >= 4 is 21.5 Å². The maximum Gasteiger partial charge on any atom is 0.264 e. The predicted octanol–water partition coefficient (Wildman–Crippen LogP) is 4.68. The summed E-state index contributed by atoms with van der Waals surface area (Å²) >= 11 is 0. The van der Waals surface area contributed by atoms with E-state index in [-0.39, 0.29) is 23.6 Å². The Kier molecular flexibility index (Phi) is 6.16. The van der Waals surface area contributed by atoms with Gasteiger partial charge in [-0.05, 0) is 54.3 Å². The van der Waals surface area contributed by atoms with Crippen molar-refractivity contribution in [2.75, 3.05) is 18.0 Å². The number of benzene rings is 3. The van der Waals surface area contributed by atoms with Crippen molar-refractivity contribution in [1.82, 2.24) is 0 Å². The van der Waals surface area contributed by atoms with Crippen LogP contribution in [-0.2, 0) is 22.9 Å². The first-order valence-electron chi connectivity index (χ1n) is 10.2. The molecule has 9 heteroatoms. The summed E-state index contributed by atoms with van der Waals surface area (Å²) in [6, 6.07) is 11.3. The fraction of sp³-hybridized carbons (Fsp3) is 0.208. The van der Waals surface area contributed by atoms with Crippen molar-refractivity contribution in [3.8, 4) is 5.75 Å². The number of ether oxygens (including phenoxy) is 1. The minimum atomic E-state index is -3.96. The number of carbonyl (C=O) groups excluding carboxylic acids is 1. The maximum atomic E-state index is 14.3. The van der Waals surface area contributed by atoms with Crippen LogP contribution in [-0.4, -0.2) is 27.9 Å². The smallest absolute Gasteiger partial charge is 0.264 e. The number of Topliss-reactive ketones (excluding diaryl/α,β-unsaturated/α-hetero) is 1. The van der Waals surface area contributed by atoms with Crippen molar-refractivity contribution in [2.24, 2.45) is 0 Å². The molecule has 0 amide bonds. The van der Waals surface area contributed by atoms with E-state index >= 15 is 0 Å². The average molecular weight is 475 g/mol. The van der Waals surface area contributed by atoms with Gasteiger partial charge in [-0.3, -0.25) is 9.10 Å². The lowest BCUT2D eigenvalue weighted by molar-refractivity contribution is 0.0984. The van der Waals surface area contributed by atoms with Crippen molar-refractivity contribution in [3.63, 3.8) is 0 Å². The van der Waals surface area contributed by atoms with Crippen LogP contribution in [0.1, 0.15) is 27.9 Å². The molecule has 3 aromatic rings. The number of halogens is 3. The van der Waals surface area contributed by atoms with E-state index in [1.807, 2.05) is 0 Å². The molecule has 172 valence electrons. The minimum absolute atomic E-state index is 0.0445. The van der Waals surface area contributed by atoms with Gasteiger partial charge in [0.15, 0.2) is 5.78 Å². The molecule has 0 saturated heterocycles. The summed E-state index contributed by atoms with van der Waals surface area (Å²) < 4.78 is 74.3. The first-order valence-corrected chi connectivity index (χ1v) is 11.6. The number of rotatable bonds is 6. The molecular formula is C24H20F3NO4S. The SMILES string of the molecule is COc1cc(F)c(C(=O)Cc2ccc3c(c2)N(S(=O)(=O)c2ccc(F)cc2)CCC3)c(F)c1. The van der Waals surface area contributed by atoms with Gasteiger partial charge in [-0.1, -0.05) is 12.1 Å². The number of aryl methyl sites for hydroxylation is 1. The molecule has 1 aliphatic heterocycles. The van der Waals surface area contributed by atoms with Crippen LogP contribution in [0.15, 0.2) is 59.5 Å². The number of anilines is 1. The van der Waals surface area contributed by atoms with E-state index in [0.29, 0.717) is 24.1 Å². The molecular weight excluding hydrogens is 455 g/mol. The minimum Gasteiger partial charge on any atom is -0.497 e. The quantitative estimate of drug-likeness (QED) is 0.486. The molecule has 1 aliphatic rings. The molecule has 0 aromatic heterocycles. The Morgan fingerprint density at radius 2 is 1.67 bits per heavy atom. The molecule has 4 rings (SSSR count). The number of methoxy groups -OCH3 is 1. The second kappa shape index (κ2) is 8.90. The van der Waals surface area contributed by atoms with Gasteiger partial charge in [0.25, 0.3) is 10.0 Å².